The van der Waals surface area contributed by atoms with Gasteiger partial charge in [-0.05, 0) is 19.4 Å². The third kappa shape index (κ3) is 3.70. The molecule has 2 heterocycles. The first kappa shape index (κ1) is 15.3. The first-order valence-corrected chi connectivity index (χ1v) is 6.94. The second-order valence-corrected chi connectivity index (χ2v) is 5.00. The number of aromatic nitrogens is 2. The predicted octanol–water partition coefficient (Wildman–Crippen LogP) is 3.20. The topological polar surface area (TPSA) is 78.1 Å². The second-order valence-electron chi connectivity index (χ2n) is 4.62. The smallest absolute Gasteiger partial charge is 0.164 e. The number of halogens is 1. The van der Waals surface area contributed by atoms with Crippen molar-refractivity contribution < 1.29 is 9.53 Å². The molecule has 0 amide bonds. The van der Waals surface area contributed by atoms with Gasteiger partial charge in [0.05, 0.1) is 16.9 Å². The number of nitrogens with two attached hydrogens (primary N) is 1. The van der Waals surface area contributed by atoms with Gasteiger partial charge >= 0.3 is 0 Å². The van der Waals surface area contributed by atoms with Crippen LogP contribution in [-0.2, 0) is 17.6 Å². The van der Waals surface area contributed by atoms with Crippen molar-refractivity contribution in [1.82, 2.24) is 9.97 Å². The maximum Gasteiger partial charge on any atom is 0.164 e. The van der Waals surface area contributed by atoms with Crippen LogP contribution in [0.5, 0.6) is 11.5 Å². The van der Waals surface area contributed by atoms with Crippen LogP contribution in [0.1, 0.15) is 25.1 Å². The summed E-state index contributed by atoms with van der Waals surface area (Å²) in [6.07, 6.45) is 4.01. The van der Waals surface area contributed by atoms with Gasteiger partial charge in [-0.15, -0.1) is 0 Å². The van der Waals surface area contributed by atoms with Crippen LogP contribution in [0.25, 0.3) is 0 Å². The molecule has 2 rings (SSSR count). The Bertz CT molecular complexity index is 674. The number of hydrogen-bond acceptors (Lipinski definition) is 5. The highest BCUT2D eigenvalue weighted by atomic mass is 35.5. The van der Waals surface area contributed by atoms with Crippen molar-refractivity contribution in [3.8, 4) is 11.5 Å². The van der Waals surface area contributed by atoms with E-state index < -0.39 is 0 Å². The zero-order valence-corrected chi connectivity index (χ0v) is 12.6. The molecule has 0 fully saturated rings. The minimum absolute atomic E-state index is 0.0418. The Labute approximate surface area is 128 Å². The molecular weight excluding hydrogens is 290 g/mol. The fourth-order valence-electron chi connectivity index (χ4n) is 1.93. The number of rotatable bonds is 5. The summed E-state index contributed by atoms with van der Waals surface area (Å²) in [7, 11) is 0. The summed E-state index contributed by atoms with van der Waals surface area (Å²) in [5, 5.41) is 0.454. The van der Waals surface area contributed by atoms with Gasteiger partial charge in [0.25, 0.3) is 0 Å². The summed E-state index contributed by atoms with van der Waals surface area (Å²) in [5.41, 5.74) is 7.18. The summed E-state index contributed by atoms with van der Waals surface area (Å²) in [5.74, 6) is 1.43. The van der Waals surface area contributed by atoms with E-state index in [4.69, 9.17) is 22.1 Å². The molecule has 6 heteroatoms. The summed E-state index contributed by atoms with van der Waals surface area (Å²) in [6, 6.07) is 3.40. The molecule has 110 valence electrons. The SMILES string of the molecule is CCc1c(N)ncc(Oc2ccnc(CC(C)=O)c2)c1Cl. The van der Waals surface area contributed by atoms with Gasteiger partial charge in [0.15, 0.2) is 5.75 Å². The lowest BCUT2D eigenvalue weighted by molar-refractivity contribution is -0.116. The minimum atomic E-state index is 0.0418. The molecule has 2 aromatic heterocycles. The fourth-order valence-corrected chi connectivity index (χ4v) is 2.25. The maximum absolute atomic E-state index is 11.1. The first-order valence-electron chi connectivity index (χ1n) is 6.56. The number of carbonyl (C=O) groups excluding carboxylic acids is 1. The van der Waals surface area contributed by atoms with Crippen LogP contribution in [0.4, 0.5) is 5.82 Å². The van der Waals surface area contributed by atoms with Crippen molar-refractivity contribution in [2.75, 3.05) is 5.73 Å². The summed E-state index contributed by atoms with van der Waals surface area (Å²) < 4.78 is 5.73. The van der Waals surface area contributed by atoms with E-state index in [1.54, 1.807) is 18.3 Å². The Morgan fingerprint density at radius 3 is 2.86 bits per heavy atom. The average Bonchev–Trinajstić information content (AvgIpc) is 2.42. The third-order valence-electron chi connectivity index (χ3n) is 2.91. The molecule has 0 saturated carbocycles. The van der Waals surface area contributed by atoms with Crippen molar-refractivity contribution in [2.24, 2.45) is 0 Å². The Balaban J connectivity index is 2.28. The van der Waals surface area contributed by atoms with Crippen molar-refractivity contribution in [2.45, 2.75) is 26.7 Å². The lowest BCUT2D eigenvalue weighted by Gasteiger charge is -2.11. The van der Waals surface area contributed by atoms with Crippen LogP contribution < -0.4 is 10.5 Å². The van der Waals surface area contributed by atoms with E-state index in [1.165, 1.54) is 13.1 Å². The van der Waals surface area contributed by atoms with Gasteiger partial charge in [0.1, 0.15) is 17.4 Å². The Morgan fingerprint density at radius 1 is 1.43 bits per heavy atom. The van der Waals surface area contributed by atoms with Gasteiger partial charge < -0.3 is 10.5 Å². The Morgan fingerprint density at radius 2 is 2.19 bits per heavy atom. The number of anilines is 1. The van der Waals surface area contributed by atoms with Crippen LogP contribution in [-0.4, -0.2) is 15.8 Å². The molecule has 2 aromatic rings. The molecule has 0 aliphatic rings. The van der Waals surface area contributed by atoms with Crippen LogP contribution >= 0.6 is 11.6 Å². The number of pyridine rings is 2. The molecule has 0 aliphatic carbocycles. The molecule has 21 heavy (non-hydrogen) atoms. The molecule has 5 nitrogen and oxygen atoms in total. The minimum Gasteiger partial charge on any atom is -0.454 e. The largest absolute Gasteiger partial charge is 0.454 e. The van der Waals surface area contributed by atoms with E-state index in [-0.39, 0.29) is 12.2 Å². The van der Waals surface area contributed by atoms with Gasteiger partial charge in [0, 0.05) is 24.2 Å². The normalized spacial score (nSPS) is 10.4. The summed E-state index contributed by atoms with van der Waals surface area (Å²) >= 11 is 6.27. The van der Waals surface area contributed by atoms with E-state index in [0.717, 1.165) is 5.56 Å². The number of Topliss-reactive ketones (excluding diaryl/α,β-unsaturated/α-hetero) is 1. The zero-order valence-electron chi connectivity index (χ0n) is 11.9. The van der Waals surface area contributed by atoms with Crippen LogP contribution in [0.3, 0.4) is 0 Å². The van der Waals surface area contributed by atoms with Gasteiger partial charge in [-0.3, -0.25) is 9.78 Å². The zero-order chi connectivity index (χ0) is 15.4. The molecule has 0 bridgehead atoms. The number of nitrogens with zero attached hydrogens (tertiary/aromatic N) is 2. The first-order chi connectivity index (χ1) is 10.0. The van der Waals surface area contributed by atoms with Crippen LogP contribution in [0, 0.1) is 0 Å². The van der Waals surface area contributed by atoms with Crippen molar-refractivity contribution in [3.63, 3.8) is 0 Å². The molecule has 0 radical (unpaired) electrons. The van der Waals surface area contributed by atoms with Gasteiger partial charge in [-0.25, -0.2) is 4.98 Å². The standard InChI is InChI=1S/C15H16ClN3O2/c1-3-12-14(16)13(8-19-15(12)17)21-11-4-5-18-10(7-11)6-9(2)20/h4-5,7-8H,3,6H2,1-2H3,(H2,17,19). The molecule has 0 atom stereocenters. The Hall–Kier alpha value is -2.14. The third-order valence-corrected chi connectivity index (χ3v) is 3.33. The van der Waals surface area contributed by atoms with Crippen molar-refractivity contribution in [1.29, 1.82) is 0 Å². The Kier molecular flexibility index (Phi) is 4.75. The number of ether oxygens (including phenoxy) is 1. The van der Waals surface area contributed by atoms with Crippen molar-refractivity contribution in [3.05, 3.63) is 40.8 Å². The quantitative estimate of drug-likeness (QED) is 0.917. The van der Waals surface area contributed by atoms with E-state index in [1.807, 2.05) is 6.92 Å². The highest BCUT2D eigenvalue weighted by Gasteiger charge is 2.12. The van der Waals surface area contributed by atoms with Crippen LogP contribution in [0.15, 0.2) is 24.5 Å². The lowest BCUT2D eigenvalue weighted by Crippen LogP contribution is -2.01. The van der Waals surface area contributed by atoms with E-state index in [9.17, 15) is 4.79 Å². The number of hydrogen-bond donors (Lipinski definition) is 1. The number of nitrogen functional groups attached to an aromatic ring is 1. The highest BCUT2D eigenvalue weighted by Crippen LogP contribution is 2.34. The molecule has 0 unspecified atom stereocenters. The lowest BCUT2D eigenvalue weighted by atomic mass is 10.2. The summed E-state index contributed by atoms with van der Waals surface area (Å²) in [6.45, 7) is 3.46. The van der Waals surface area contributed by atoms with Crippen LogP contribution in [0.2, 0.25) is 5.02 Å². The average molecular weight is 306 g/mol. The maximum atomic E-state index is 11.1. The molecule has 0 aromatic carbocycles. The van der Waals surface area contributed by atoms with E-state index >= 15 is 0 Å². The second kappa shape index (κ2) is 6.54. The molecule has 0 saturated heterocycles. The number of carbonyl (C=O) groups is 1. The molecule has 0 aliphatic heterocycles. The molecule has 2 N–H and O–H groups in total. The summed E-state index contributed by atoms with van der Waals surface area (Å²) in [4.78, 5) is 19.3. The highest BCUT2D eigenvalue weighted by molar-refractivity contribution is 6.33. The van der Waals surface area contributed by atoms with Gasteiger partial charge in [0.2, 0.25) is 0 Å². The fraction of sp³-hybridized carbons (Fsp3) is 0.267. The van der Waals surface area contributed by atoms with E-state index in [2.05, 4.69) is 9.97 Å². The molecular formula is C15H16ClN3O2. The number of ketones is 1. The van der Waals surface area contributed by atoms with Gasteiger partial charge in [-0.2, -0.15) is 0 Å². The molecule has 0 spiro atoms. The van der Waals surface area contributed by atoms with Gasteiger partial charge in [-0.1, -0.05) is 18.5 Å². The van der Waals surface area contributed by atoms with Crippen molar-refractivity contribution >= 4 is 23.2 Å². The predicted molar refractivity (Wildman–Crippen MR) is 81.7 cm³/mol. The van der Waals surface area contributed by atoms with E-state index in [0.29, 0.717) is 34.5 Å². The monoisotopic (exact) mass is 305 g/mol.